The van der Waals surface area contributed by atoms with E-state index in [-0.39, 0.29) is 38.1 Å². The Balaban J connectivity index is 1.57. The third-order valence-electron chi connectivity index (χ3n) is 11.3. The van der Waals surface area contributed by atoms with Crippen LogP contribution in [0.5, 0.6) is 0 Å². The van der Waals surface area contributed by atoms with Crippen LogP contribution in [0.15, 0.2) is 42.9 Å². The lowest BCUT2D eigenvalue weighted by Gasteiger charge is -2.36. The van der Waals surface area contributed by atoms with E-state index in [0.29, 0.717) is 50.9 Å². The number of morpholine rings is 1. The molecular weight excluding hydrogens is 688 g/mol. The summed E-state index contributed by atoms with van der Waals surface area (Å²) in [5, 5.41) is 26.2. The molecular formula is C41H63N6O7. The van der Waals surface area contributed by atoms with Crippen LogP contribution in [0, 0.1) is 29.6 Å². The molecule has 4 rings (SSSR count). The predicted molar refractivity (Wildman–Crippen MR) is 205 cm³/mol. The topological polar surface area (TPSA) is 191 Å². The molecule has 1 aliphatic carbocycles. The Morgan fingerprint density at radius 2 is 1.74 bits per heavy atom. The molecule has 7 atom stereocenters. The van der Waals surface area contributed by atoms with Gasteiger partial charge in [0.15, 0.2) is 6.29 Å². The maximum Gasteiger partial charge on any atom is 0.237 e. The van der Waals surface area contributed by atoms with E-state index in [1.54, 1.807) is 6.20 Å². The highest BCUT2D eigenvalue weighted by Crippen LogP contribution is 2.31. The monoisotopic (exact) mass is 751 g/mol. The minimum Gasteiger partial charge on any atom is -0.391 e. The normalized spacial score (nSPS) is 19.6. The van der Waals surface area contributed by atoms with Crippen molar-refractivity contribution in [3.63, 3.8) is 0 Å². The third kappa shape index (κ3) is 13.4. The van der Waals surface area contributed by atoms with Gasteiger partial charge in [0.05, 0.1) is 49.5 Å². The van der Waals surface area contributed by atoms with Crippen molar-refractivity contribution >= 4 is 24.0 Å². The molecule has 1 saturated carbocycles. The number of nitrogens with two attached hydrogens (primary N) is 1. The van der Waals surface area contributed by atoms with Crippen molar-refractivity contribution in [1.82, 2.24) is 25.1 Å². The number of imide groups is 1. The Hall–Kier alpha value is -3.49. The van der Waals surface area contributed by atoms with Gasteiger partial charge < -0.3 is 31.0 Å². The molecule has 2 heterocycles. The number of β-amino-alcohol motifs (C(OH)–C–C–N with tert-alkyl or cyclic N) is 1. The zero-order chi connectivity index (χ0) is 39.0. The first kappa shape index (κ1) is 43.2. The maximum absolute atomic E-state index is 14.8. The van der Waals surface area contributed by atoms with Crippen LogP contribution < -0.4 is 11.1 Å². The molecule has 1 aliphatic heterocycles. The van der Waals surface area contributed by atoms with Crippen molar-refractivity contribution < 1.29 is 34.1 Å². The second-order valence-electron chi connectivity index (χ2n) is 15.9. The van der Waals surface area contributed by atoms with E-state index < -0.39 is 59.8 Å². The first-order valence-corrected chi connectivity index (χ1v) is 19.9. The van der Waals surface area contributed by atoms with Crippen molar-refractivity contribution in [2.24, 2.45) is 35.3 Å². The lowest BCUT2D eigenvalue weighted by atomic mass is 9.80. The fraction of sp³-hybridized carbons (Fsp3) is 0.683. The molecule has 0 bridgehead atoms. The molecule has 2 aliphatic rings. The van der Waals surface area contributed by atoms with E-state index in [0.717, 1.165) is 37.7 Å². The largest absolute Gasteiger partial charge is 0.391 e. The number of rotatable bonds is 21. The Morgan fingerprint density at radius 1 is 1.04 bits per heavy atom. The van der Waals surface area contributed by atoms with Gasteiger partial charge in [0.2, 0.25) is 17.7 Å². The maximum atomic E-state index is 14.8. The fourth-order valence-corrected chi connectivity index (χ4v) is 7.78. The van der Waals surface area contributed by atoms with Crippen molar-refractivity contribution in [2.75, 3.05) is 39.4 Å². The standard InChI is InChI=1S/C41H63N6O7/c1-28(2)34(23-37(49)36(21-31-12-8-5-9-13-31)45-39(51)35(42)22-33-24-43-27-44-33)41(53)47(25-29(3)38(50)26-46-15-18-54-19-16-46)40(52)32(14-17-48)20-30-10-6-4-7-11-30/h4,6-7,10-11,24,27-29,31-32,34-38,49-50H,5,8-9,12-16,18-23,25-26,42H2,1-3H3,(H,43,44)(H,45,51)/t29-,32?,34?,35-,36-,37-,38+/m0/s1. The second kappa shape index (κ2) is 22.2. The van der Waals surface area contributed by atoms with Gasteiger partial charge in [-0.3, -0.25) is 29.0 Å². The number of H-pyrrole nitrogens is 1. The van der Waals surface area contributed by atoms with E-state index in [1.165, 1.54) is 11.2 Å². The number of aromatic nitrogens is 2. The van der Waals surface area contributed by atoms with Crippen molar-refractivity contribution in [1.29, 1.82) is 0 Å². The predicted octanol–water partition coefficient (Wildman–Crippen LogP) is 2.80. The van der Waals surface area contributed by atoms with Crippen LogP contribution in [0.25, 0.3) is 0 Å². The summed E-state index contributed by atoms with van der Waals surface area (Å²) in [6.07, 6.45) is 9.32. The molecule has 1 radical (unpaired) electrons. The summed E-state index contributed by atoms with van der Waals surface area (Å²) in [6, 6.07) is 7.80. The van der Waals surface area contributed by atoms with E-state index in [4.69, 9.17) is 10.5 Å². The number of imidazole rings is 1. The second-order valence-corrected chi connectivity index (χ2v) is 15.9. The van der Waals surface area contributed by atoms with Gasteiger partial charge in [0.1, 0.15) is 0 Å². The van der Waals surface area contributed by atoms with E-state index >= 15 is 0 Å². The number of amides is 3. The number of ether oxygens (including phenoxy) is 1. The molecule has 1 aromatic heterocycles. The summed E-state index contributed by atoms with van der Waals surface area (Å²) < 4.78 is 5.45. The van der Waals surface area contributed by atoms with Crippen LogP contribution in [0.3, 0.4) is 0 Å². The Bertz CT molecular complexity index is 1410. The summed E-state index contributed by atoms with van der Waals surface area (Å²) in [5.41, 5.74) is 7.80. The number of carbonyl (C=O) groups excluding carboxylic acids is 4. The Morgan fingerprint density at radius 3 is 2.37 bits per heavy atom. The van der Waals surface area contributed by atoms with E-state index in [2.05, 4.69) is 20.2 Å². The van der Waals surface area contributed by atoms with Gasteiger partial charge in [-0.05, 0) is 36.7 Å². The molecule has 299 valence electrons. The molecule has 3 amide bonds. The van der Waals surface area contributed by atoms with Gasteiger partial charge in [0, 0.05) is 63.0 Å². The van der Waals surface area contributed by atoms with E-state index in [9.17, 15) is 29.4 Å². The van der Waals surface area contributed by atoms with Crippen LogP contribution in [0.1, 0.15) is 83.4 Å². The van der Waals surface area contributed by atoms with Gasteiger partial charge >= 0.3 is 0 Å². The zero-order valence-corrected chi connectivity index (χ0v) is 32.4. The van der Waals surface area contributed by atoms with Gasteiger partial charge in [-0.25, -0.2) is 4.98 Å². The average molecular weight is 752 g/mol. The fourth-order valence-electron chi connectivity index (χ4n) is 7.78. The number of nitrogens with zero attached hydrogens (tertiary/aromatic N) is 3. The van der Waals surface area contributed by atoms with Gasteiger partial charge in [0.25, 0.3) is 0 Å². The van der Waals surface area contributed by atoms with Gasteiger partial charge in [-0.2, -0.15) is 0 Å². The zero-order valence-electron chi connectivity index (χ0n) is 32.4. The molecule has 13 heteroatoms. The Kier molecular flexibility index (Phi) is 17.7. The van der Waals surface area contributed by atoms with Gasteiger partial charge in [-0.1, -0.05) is 83.2 Å². The highest BCUT2D eigenvalue weighted by molar-refractivity contribution is 5.98. The lowest BCUT2D eigenvalue weighted by Crippen LogP contribution is -2.53. The number of carbonyl (C=O) groups is 3. The number of nitrogens with one attached hydrogen (secondary N) is 2. The van der Waals surface area contributed by atoms with Crippen molar-refractivity contribution in [3.8, 4) is 0 Å². The van der Waals surface area contributed by atoms with Crippen LogP contribution in [0.4, 0.5) is 0 Å². The first-order chi connectivity index (χ1) is 26.0. The lowest BCUT2D eigenvalue weighted by molar-refractivity contribution is -0.153. The molecule has 1 saturated heterocycles. The molecule has 13 nitrogen and oxygen atoms in total. The molecule has 2 fully saturated rings. The summed E-state index contributed by atoms with van der Waals surface area (Å²) >= 11 is 0. The molecule has 2 unspecified atom stereocenters. The third-order valence-corrected chi connectivity index (χ3v) is 11.3. The molecule has 2 aromatic rings. The van der Waals surface area contributed by atoms with Gasteiger partial charge in [-0.15, -0.1) is 0 Å². The van der Waals surface area contributed by atoms with Crippen LogP contribution in [-0.4, -0.2) is 118 Å². The molecule has 54 heavy (non-hydrogen) atoms. The van der Waals surface area contributed by atoms with Crippen LogP contribution in [0.2, 0.25) is 0 Å². The van der Waals surface area contributed by atoms with Crippen molar-refractivity contribution in [2.45, 2.75) is 109 Å². The number of hydrogen-bond donors (Lipinski definition) is 5. The smallest absolute Gasteiger partial charge is 0.237 e. The van der Waals surface area contributed by atoms with Crippen molar-refractivity contribution in [3.05, 3.63) is 54.1 Å². The first-order valence-electron chi connectivity index (χ1n) is 19.9. The number of aliphatic hydroxyl groups is 2. The van der Waals surface area contributed by atoms with Crippen LogP contribution >= 0.6 is 0 Å². The highest BCUT2D eigenvalue weighted by atomic mass is 16.5. The number of benzene rings is 1. The average Bonchev–Trinajstić information content (AvgIpc) is 3.69. The summed E-state index contributed by atoms with van der Waals surface area (Å²) in [5.74, 6) is -3.48. The summed E-state index contributed by atoms with van der Waals surface area (Å²) in [6.45, 7) is 8.39. The molecule has 1 aromatic carbocycles. The number of hydrogen-bond acceptors (Lipinski definition) is 10. The quantitative estimate of drug-likeness (QED) is 0.127. The van der Waals surface area contributed by atoms with Crippen LogP contribution in [-0.2, 0) is 36.8 Å². The summed E-state index contributed by atoms with van der Waals surface area (Å²) in [4.78, 5) is 64.8. The Labute approximate surface area is 320 Å². The highest BCUT2D eigenvalue weighted by Gasteiger charge is 2.39. The number of aliphatic hydroxyl groups excluding tert-OH is 2. The molecule has 6 N–H and O–H groups in total. The summed E-state index contributed by atoms with van der Waals surface area (Å²) in [7, 11) is 0. The SMILES string of the molecule is CC(C)C(C[C@H](O)[C@H](CC1CCCCC1)NC(=O)[C@@H](N)Cc1c[nH]cn1)C(=O)N(C[C@H](C)[C@H](O)CN1CCOCC1)C(=O)C(C[C]=O)Cc1ccccc1. The minimum atomic E-state index is -1.10. The van der Waals surface area contributed by atoms with E-state index in [1.807, 2.05) is 57.4 Å². The molecule has 0 spiro atoms. The number of aromatic amines is 1. The minimum absolute atomic E-state index is 0.000417.